The van der Waals surface area contributed by atoms with Crippen molar-refractivity contribution < 1.29 is 22.8 Å². The molecular weight excluding hydrogens is 712 g/mol. The van der Waals surface area contributed by atoms with Gasteiger partial charge >= 0.3 is 0 Å². The summed E-state index contributed by atoms with van der Waals surface area (Å²) in [6.07, 6.45) is 1.59. The number of hydrogen-bond donors (Lipinski definition) is 4. The van der Waals surface area contributed by atoms with Crippen molar-refractivity contribution in [3.8, 4) is 0 Å². The first kappa shape index (κ1) is 34.3. The highest BCUT2D eigenvalue weighted by molar-refractivity contribution is 9.10. The number of anilines is 2. The summed E-state index contributed by atoms with van der Waals surface area (Å²) in [4.78, 5) is 40.8. The Bertz CT molecular complexity index is 2060. The fraction of sp³-hybridized carbons (Fsp3) is 0.0278. The Morgan fingerprint density at radius 2 is 1.38 bits per heavy atom. The monoisotopic (exact) mass is 740 g/mol. The summed E-state index contributed by atoms with van der Waals surface area (Å²) in [5, 5.41) is 12.9. The summed E-state index contributed by atoms with van der Waals surface area (Å²) in [7, 11) is -3.88. The molecule has 0 heterocycles. The van der Waals surface area contributed by atoms with Gasteiger partial charge in [0.2, 0.25) is 15.9 Å². The lowest BCUT2D eigenvalue weighted by atomic mass is 10.1. The first-order chi connectivity index (χ1) is 23.0. The average Bonchev–Trinajstić information content (AvgIpc) is 3.08. The summed E-state index contributed by atoms with van der Waals surface area (Å²) in [5.41, 5.74) is 2.73. The minimum Gasteiger partial charge on any atom is -0.325 e. The number of primary sulfonamides is 1. The van der Waals surface area contributed by atoms with Gasteiger partial charge in [-0.3, -0.25) is 14.4 Å². The van der Waals surface area contributed by atoms with E-state index < -0.39 is 27.1 Å². The molecule has 5 rings (SSSR count). The number of hydrogen-bond acceptors (Lipinski definition) is 6. The van der Waals surface area contributed by atoms with Gasteiger partial charge in [0.15, 0.2) is 0 Å². The van der Waals surface area contributed by atoms with Crippen molar-refractivity contribution in [2.24, 2.45) is 5.14 Å². The number of sulfonamides is 1. The number of carbonyl (C=O) groups is 3. The third-order valence-electron chi connectivity index (χ3n) is 6.85. The van der Waals surface area contributed by atoms with E-state index in [2.05, 4.69) is 31.9 Å². The molecule has 0 spiro atoms. The molecule has 0 aliphatic carbocycles. The lowest BCUT2D eigenvalue weighted by Gasteiger charge is -2.18. The van der Waals surface area contributed by atoms with E-state index in [4.69, 9.17) is 5.14 Å². The molecule has 0 bridgehead atoms. The molecule has 12 heteroatoms. The maximum Gasteiger partial charge on any atom is 0.272 e. The Labute approximate surface area is 290 Å². The summed E-state index contributed by atoms with van der Waals surface area (Å²) in [6.45, 7) is 0. The molecule has 0 aliphatic rings. The molecule has 0 fully saturated rings. The van der Waals surface area contributed by atoms with Crippen LogP contribution in [0.3, 0.4) is 0 Å². The van der Waals surface area contributed by atoms with Crippen LogP contribution >= 0.6 is 27.7 Å². The number of rotatable bonds is 11. The van der Waals surface area contributed by atoms with Crippen molar-refractivity contribution in [1.29, 1.82) is 0 Å². The zero-order valence-electron chi connectivity index (χ0n) is 25.2. The summed E-state index contributed by atoms with van der Waals surface area (Å²) in [5.74, 6) is -1.31. The van der Waals surface area contributed by atoms with Crippen LogP contribution in [0.2, 0.25) is 0 Å². The molecule has 3 amide bonds. The lowest BCUT2D eigenvalue weighted by molar-refractivity contribution is -0.116. The number of nitrogens with one attached hydrogen (secondary N) is 3. The van der Waals surface area contributed by atoms with Crippen LogP contribution in [0.25, 0.3) is 6.08 Å². The van der Waals surface area contributed by atoms with Crippen LogP contribution in [0.1, 0.15) is 26.7 Å². The molecule has 9 nitrogen and oxygen atoms in total. The number of carbonyl (C=O) groups excluding carboxylic acids is 3. The molecule has 0 radical (unpaired) electrons. The van der Waals surface area contributed by atoms with Gasteiger partial charge in [-0.2, -0.15) is 0 Å². The number of benzene rings is 5. The number of halogens is 1. The van der Waals surface area contributed by atoms with Crippen molar-refractivity contribution >= 4 is 72.9 Å². The maximum absolute atomic E-state index is 13.6. The van der Waals surface area contributed by atoms with Crippen LogP contribution < -0.4 is 21.1 Å². The third-order valence-corrected chi connectivity index (χ3v) is 9.55. The highest BCUT2D eigenvalue weighted by Crippen LogP contribution is 2.37. The highest BCUT2D eigenvalue weighted by Gasteiger charge is 2.23. The van der Waals surface area contributed by atoms with Crippen LogP contribution in [0.5, 0.6) is 0 Å². The second-order valence-electron chi connectivity index (χ2n) is 10.4. The molecule has 242 valence electrons. The van der Waals surface area contributed by atoms with Crippen molar-refractivity contribution in [3.63, 3.8) is 0 Å². The number of thioether (sulfide) groups is 1. The van der Waals surface area contributed by atoms with Crippen molar-refractivity contribution in [3.05, 3.63) is 160 Å². The van der Waals surface area contributed by atoms with Crippen molar-refractivity contribution in [2.45, 2.75) is 15.0 Å². The Morgan fingerprint density at radius 1 is 0.729 bits per heavy atom. The number of amides is 3. The fourth-order valence-corrected chi connectivity index (χ4v) is 6.35. The molecule has 5 aromatic rings. The molecule has 48 heavy (non-hydrogen) atoms. The van der Waals surface area contributed by atoms with Gasteiger partial charge in [0.1, 0.15) is 10.9 Å². The van der Waals surface area contributed by atoms with Gasteiger partial charge in [0, 0.05) is 26.3 Å². The Morgan fingerprint density at radius 3 is 2.02 bits per heavy atom. The van der Waals surface area contributed by atoms with Crippen LogP contribution in [0, 0.1) is 0 Å². The van der Waals surface area contributed by atoms with Gasteiger partial charge in [-0.25, -0.2) is 13.6 Å². The molecule has 5 N–H and O–H groups in total. The maximum atomic E-state index is 13.6. The van der Waals surface area contributed by atoms with Gasteiger partial charge in [0.25, 0.3) is 11.8 Å². The summed E-state index contributed by atoms with van der Waals surface area (Å²) in [6, 6.07) is 37.7. The summed E-state index contributed by atoms with van der Waals surface area (Å²) >= 11 is 4.68. The van der Waals surface area contributed by atoms with Gasteiger partial charge < -0.3 is 16.0 Å². The van der Waals surface area contributed by atoms with Gasteiger partial charge in [-0.05, 0) is 83.9 Å². The molecule has 0 saturated carbocycles. The minimum absolute atomic E-state index is 0.0409. The first-order valence-electron chi connectivity index (χ1n) is 14.5. The van der Waals surface area contributed by atoms with E-state index in [9.17, 15) is 22.8 Å². The summed E-state index contributed by atoms with van der Waals surface area (Å²) < 4.78 is 24.1. The van der Waals surface area contributed by atoms with Crippen LogP contribution in [-0.2, 0) is 19.6 Å². The molecule has 1 unspecified atom stereocenters. The zero-order valence-corrected chi connectivity index (χ0v) is 28.4. The standard InChI is InChI=1S/C36H29BrN4O5S2/c37-27-16-14-24(15-17-27)22-32(41-34(42)26-10-5-2-6-11-26)35(43)40-29-12-7-13-30(23-29)47-33(25-8-3-1-4-9-25)36(44)39-28-18-20-31(21-19-28)48(38,45)46/h1-23,33H,(H,39,44)(H,40,43)(H,41,42)(H2,38,45,46)/b32-22-. The topological polar surface area (TPSA) is 147 Å². The second-order valence-corrected chi connectivity index (χ2v) is 14.0. The second kappa shape index (κ2) is 15.7. The van der Waals surface area contributed by atoms with Gasteiger partial charge in [0.05, 0.1) is 4.90 Å². The lowest BCUT2D eigenvalue weighted by Crippen LogP contribution is -2.30. The minimum atomic E-state index is -3.88. The van der Waals surface area contributed by atoms with E-state index >= 15 is 0 Å². The molecule has 0 saturated heterocycles. The quantitative estimate of drug-likeness (QED) is 0.0849. The van der Waals surface area contributed by atoms with Gasteiger partial charge in [-0.1, -0.05) is 82.7 Å². The van der Waals surface area contributed by atoms with Crippen molar-refractivity contribution in [2.75, 3.05) is 10.6 Å². The van der Waals surface area contributed by atoms with E-state index in [0.717, 1.165) is 10.0 Å². The predicted octanol–water partition coefficient (Wildman–Crippen LogP) is 6.98. The van der Waals surface area contributed by atoms with Gasteiger partial charge in [-0.15, -0.1) is 11.8 Å². The van der Waals surface area contributed by atoms with E-state index in [1.54, 1.807) is 54.6 Å². The number of nitrogens with two attached hydrogens (primary N) is 1. The normalized spacial score (nSPS) is 12.1. The van der Waals surface area contributed by atoms with E-state index in [1.165, 1.54) is 36.0 Å². The average molecular weight is 742 g/mol. The predicted molar refractivity (Wildman–Crippen MR) is 193 cm³/mol. The van der Waals surface area contributed by atoms with E-state index in [0.29, 0.717) is 27.4 Å². The third kappa shape index (κ3) is 9.52. The SMILES string of the molecule is NS(=O)(=O)c1ccc(NC(=O)C(Sc2cccc(NC(=O)/C(=C/c3ccc(Br)cc3)NC(=O)c3ccccc3)c2)c2ccccc2)cc1. The Kier molecular flexibility index (Phi) is 11.2. The molecular formula is C36H29BrN4O5S2. The van der Waals surface area contributed by atoms with Crippen LogP contribution in [0.4, 0.5) is 11.4 Å². The molecule has 1 atom stereocenters. The zero-order chi connectivity index (χ0) is 34.1. The van der Waals surface area contributed by atoms with E-state index in [1.807, 2.05) is 60.7 Å². The van der Waals surface area contributed by atoms with E-state index in [-0.39, 0.29) is 16.5 Å². The molecule has 0 aromatic heterocycles. The Balaban J connectivity index is 1.36. The van der Waals surface area contributed by atoms with Crippen molar-refractivity contribution in [1.82, 2.24) is 5.32 Å². The Hall–Kier alpha value is -5.01. The van der Waals surface area contributed by atoms with Crippen LogP contribution in [0.15, 0.2) is 153 Å². The molecule has 0 aliphatic heterocycles. The molecule has 5 aromatic carbocycles. The smallest absolute Gasteiger partial charge is 0.272 e. The van der Waals surface area contributed by atoms with Crippen LogP contribution in [-0.4, -0.2) is 26.1 Å². The first-order valence-corrected chi connectivity index (χ1v) is 17.7. The largest absolute Gasteiger partial charge is 0.325 e. The fourth-order valence-electron chi connectivity index (χ4n) is 4.49. The highest BCUT2D eigenvalue weighted by atomic mass is 79.9.